The number of carbonyl (C=O) groups excluding carboxylic acids is 1. The molecule has 0 saturated heterocycles. The summed E-state index contributed by atoms with van der Waals surface area (Å²) in [5.74, 6) is -0.0628. The molecule has 0 saturated carbocycles. The summed E-state index contributed by atoms with van der Waals surface area (Å²) in [5, 5.41) is 4.83. The summed E-state index contributed by atoms with van der Waals surface area (Å²) in [6, 6.07) is 13.9. The first-order valence-corrected chi connectivity index (χ1v) is 12.5. The van der Waals surface area contributed by atoms with Crippen molar-refractivity contribution in [3.8, 4) is 0 Å². The van der Waals surface area contributed by atoms with E-state index in [9.17, 15) is 4.79 Å². The number of halogens is 2. The minimum atomic E-state index is -0.227. The van der Waals surface area contributed by atoms with Gasteiger partial charge in [-0.2, -0.15) is 0 Å². The highest BCUT2D eigenvalue weighted by Crippen LogP contribution is 2.40. The average molecular weight is 532 g/mol. The molecule has 4 rings (SSSR count). The van der Waals surface area contributed by atoms with Gasteiger partial charge in [-0.05, 0) is 73.4 Å². The molecule has 0 fully saturated rings. The van der Waals surface area contributed by atoms with Crippen molar-refractivity contribution in [3.05, 3.63) is 68.8 Å². The highest BCUT2D eigenvalue weighted by Gasteiger charge is 2.28. The molecule has 3 aromatic rings. The van der Waals surface area contributed by atoms with Gasteiger partial charge >= 0.3 is 0 Å². The molecule has 174 valence electrons. The molecular formula is C26H28BrClN2O3. The Balaban J connectivity index is 1.56. The van der Waals surface area contributed by atoms with Gasteiger partial charge in [-0.3, -0.25) is 4.79 Å². The second-order valence-electron chi connectivity index (χ2n) is 7.98. The fourth-order valence-electron chi connectivity index (χ4n) is 4.29. The minimum Gasteiger partial charge on any atom is -0.355 e. The van der Waals surface area contributed by atoms with Crippen LogP contribution in [0.4, 0.5) is 0 Å². The molecule has 0 unspecified atom stereocenters. The van der Waals surface area contributed by atoms with Gasteiger partial charge in [-0.15, -0.1) is 0 Å². The maximum absolute atomic E-state index is 13.4. The molecule has 1 aliphatic rings. The van der Waals surface area contributed by atoms with Crippen molar-refractivity contribution in [1.82, 2.24) is 10.3 Å². The quantitative estimate of drug-likeness (QED) is 0.237. The van der Waals surface area contributed by atoms with Crippen molar-refractivity contribution in [3.63, 3.8) is 0 Å². The number of allylic oxidation sites excluding steroid dienone is 1. The number of H-pyrrole nitrogens is 1. The van der Waals surface area contributed by atoms with Gasteiger partial charge in [0.05, 0.1) is 5.57 Å². The molecule has 1 aliphatic carbocycles. The van der Waals surface area contributed by atoms with Crippen LogP contribution in [0.5, 0.6) is 0 Å². The van der Waals surface area contributed by atoms with Crippen LogP contribution in [0.1, 0.15) is 43.5 Å². The SMILES string of the molecule is CCOC(CCCNC(=O)C1=C(c2cc3cc(Cl)ccc3[nH]2)Cc2cc(Br)ccc21)OCC. The topological polar surface area (TPSA) is 63.3 Å². The Morgan fingerprint density at radius 3 is 2.70 bits per heavy atom. The molecular weight excluding hydrogens is 504 g/mol. The molecule has 0 radical (unpaired) electrons. The number of rotatable bonds is 10. The zero-order chi connectivity index (χ0) is 23.4. The van der Waals surface area contributed by atoms with Gasteiger partial charge in [0.15, 0.2) is 6.29 Å². The Labute approximate surface area is 207 Å². The monoisotopic (exact) mass is 530 g/mol. The van der Waals surface area contributed by atoms with E-state index >= 15 is 0 Å². The maximum atomic E-state index is 13.4. The number of carbonyl (C=O) groups is 1. The Morgan fingerprint density at radius 2 is 1.94 bits per heavy atom. The normalized spacial score (nSPS) is 13.2. The number of fused-ring (bicyclic) bond motifs is 2. The lowest BCUT2D eigenvalue weighted by Gasteiger charge is -2.17. The lowest BCUT2D eigenvalue weighted by molar-refractivity contribution is -0.140. The molecule has 0 bridgehead atoms. The summed E-state index contributed by atoms with van der Waals surface area (Å²) < 4.78 is 12.2. The van der Waals surface area contributed by atoms with Crippen LogP contribution < -0.4 is 5.32 Å². The molecule has 2 N–H and O–H groups in total. The van der Waals surface area contributed by atoms with Gasteiger partial charge < -0.3 is 19.8 Å². The second kappa shape index (κ2) is 10.9. The Hall–Kier alpha value is -2.12. The summed E-state index contributed by atoms with van der Waals surface area (Å²) in [6.45, 7) is 5.68. The van der Waals surface area contributed by atoms with Crippen molar-refractivity contribution in [2.45, 2.75) is 39.4 Å². The molecule has 0 spiro atoms. The number of hydrogen-bond acceptors (Lipinski definition) is 3. The number of nitrogens with one attached hydrogen (secondary N) is 2. The van der Waals surface area contributed by atoms with E-state index in [0.29, 0.717) is 31.2 Å². The first-order valence-electron chi connectivity index (χ1n) is 11.3. The predicted octanol–water partition coefficient (Wildman–Crippen LogP) is 6.35. The van der Waals surface area contributed by atoms with Crippen molar-refractivity contribution in [2.24, 2.45) is 0 Å². The standard InChI is InChI=1S/C26H28BrClN2O3/c1-3-32-24(33-4-2)6-5-11-29-26(31)25-20-9-7-18(27)12-16(20)14-21(25)23-15-17-13-19(28)8-10-22(17)30-23/h7-10,12-13,15,24,30H,3-6,11,14H2,1-2H3,(H,29,31). The molecule has 2 aromatic carbocycles. The summed E-state index contributed by atoms with van der Waals surface area (Å²) >= 11 is 9.74. The van der Waals surface area contributed by atoms with Gasteiger partial charge in [0, 0.05) is 58.7 Å². The third kappa shape index (κ3) is 5.52. The molecule has 0 atom stereocenters. The largest absolute Gasteiger partial charge is 0.355 e. The van der Waals surface area contributed by atoms with Crippen molar-refractivity contribution in [1.29, 1.82) is 0 Å². The van der Waals surface area contributed by atoms with Crippen molar-refractivity contribution in [2.75, 3.05) is 19.8 Å². The van der Waals surface area contributed by atoms with Crippen LogP contribution in [0.25, 0.3) is 22.0 Å². The van der Waals surface area contributed by atoms with Crippen LogP contribution in [-0.4, -0.2) is 36.9 Å². The molecule has 1 amide bonds. The van der Waals surface area contributed by atoms with Gasteiger partial charge in [-0.1, -0.05) is 33.6 Å². The van der Waals surface area contributed by atoms with Crippen molar-refractivity contribution < 1.29 is 14.3 Å². The van der Waals surface area contributed by atoms with E-state index in [1.807, 2.05) is 44.2 Å². The number of ether oxygens (including phenoxy) is 2. The molecule has 1 heterocycles. The summed E-state index contributed by atoms with van der Waals surface area (Å²) in [7, 11) is 0. The lowest BCUT2D eigenvalue weighted by Crippen LogP contribution is -2.27. The highest BCUT2D eigenvalue weighted by atomic mass is 79.9. The number of aromatic nitrogens is 1. The van der Waals surface area contributed by atoms with Crippen LogP contribution in [0.3, 0.4) is 0 Å². The molecule has 33 heavy (non-hydrogen) atoms. The van der Waals surface area contributed by atoms with Crippen LogP contribution >= 0.6 is 27.5 Å². The van der Waals surface area contributed by atoms with Crippen LogP contribution in [-0.2, 0) is 20.7 Å². The first-order chi connectivity index (χ1) is 16.0. The number of amides is 1. The zero-order valence-electron chi connectivity index (χ0n) is 18.8. The first kappa shape index (κ1) is 24.0. The van der Waals surface area contributed by atoms with Crippen LogP contribution in [0.15, 0.2) is 46.9 Å². The Bertz CT molecular complexity index is 1180. The van der Waals surface area contributed by atoms with Crippen LogP contribution in [0.2, 0.25) is 5.02 Å². The maximum Gasteiger partial charge on any atom is 0.252 e. The molecule has 5 nitrogen and oxygen atoms in total. The minimum absolute atomic E-state index is 0.0628. The second-order valence-corrected chi connectivity index (χ2v) is 9.34. The highest BCUT2D eigenvalue weighted by molar-refractivity contribution is 9.10. The number of benzene rings is 2. The fourth-order valence-corrected chi connectivity index (χ4v) is 4.88. The molecule has 7 heteroatoms. The smallest absolute Gasteiger partial charge is 0.252 e. The third-order valence-corrected chi connectivity index (χ3v) is 6.48. The van der Waals surface area contributed by atoms with E-state index in [0.717, 1.165) is 56.2 Å². The van der Waals surface area contributed by atoms with E-state index in [4.69, 9.17) is 21.1 Å². The van der Waals surface area contributed by atoms with E-state index < -0.39 is 0 Å². The van der Waals surface area contributed by atoms with Crippen LogP contribution in [0, 0.1) is 0 Å². The average Bonchev–Trinajstić information content (AvgIpc) is 3.37. The zero-order valence-corrected chi connectivity index (χ0v) is 21.2. The van der Waals surface area contributed by atoms with E-state index in [2.05, 4.69) is 38.4 Å². The predicted molar refractivity (Wildman–Crippen MR) is 137 cm³/mol. The van der Waals surface area contributed by atoms with Gasteiger partial charge in [0.25, 0.3) is 5.91 Å². The summed E-state index contributed by atoms with van der Waals surface area (Å²) in [4.78, 5) is 16.8. The Morgan fingerprint density at radius 1 is 1.15 bits per heavy atom. The molecule has 1 aromatic heterocycles. The Kier molecular flexibility index (Phi) is 7.91. The summed E-state index contributed by atoms with van der Waals surface area (Å²) in [6.07, 6.45) is 1.97. The van der Waals surface area contributed by atoms with Gasteiger partial charge in [0.1, 0.15) is 0 Å². The summed E-state index contributed by atoms with van der Waals surface area (Å²) in [5.41, 5.74) is 5.77. The lowest BCUT2D eigenvalue weighted by atomic mass is 10.0. The number of aromatic amines is 1. The number of hydrogen-bond donors (Lipinski definition) is 2. The van der Waals surface area contributed by atoms with E-state index in [1.54, 1.807) is 0 Å². The van der Waals surface area contributed by atoms with E-state index in [-0.39, 0.29) is 12.2 Å². The van der Waals surface area contributed by atoms with Gasteiger partial charge in [-0.25, -0.2) is 0 Å². The fraction of sp³-hybridized carbons (Fsp3) is 0.346. The van der Waals surface area contributed by atoms with Gasteiger partial charge in [0.2, 0.25) is 0 Å². The van der Waals surface area contributed by atoms with E-state index in [1.165, 1.54) is 0 Å². The molecule has 0 aliphatic heterocycles. The van der Waals surface area contributed by atoms with Crippen molar-refractivity contribution >= 4 is 55.5 Å². The third-order valence-electron chi connectivity index (χ3n) is 5.75.